The van der Waals surface area contributed by atoms with Gasteiger partial charge in [0.05, 0.1) is 29.6 Å². The average molecular weight is 459 g/mol. The van der Waals surface area contributed by atoms with Gasteiger partial charge in [0, 0.05) is 31.2 Å². The lowest BCUT2D eigenvalue weighted by atomic mass is 10.1. The molecule has 9 heteroatoms. The van der Waals surface area contributed by atoms with E-state index < -0.39 is 0 Å². The van der Waals surface area contributed by atoms with E-state index in [1.54, 1.807) is 38.9 Å². The summed E-state index contributed by atoms with van der Waals surface area (Å²) in [6.45, 7) is 1.56. The Morgan fingerprint density at radius 3 is 2.19 bits per heavy atom. The largest absolute Gasteiger partial charge is 0.493 e. The maximum absolute atomic E-state index is 13.1. The molecule has 0 aliphatic carbocycles. The van der Waals surface area contributed by atoms with Gasteiger partial charge in [0.25, 0.3) is 11.8 Å². The van der Waals surface area contributed by atoms with Crippen LogP contribution in [0.1, 0.15) is 20.8 Å². The van der Waals surface area contributed by atoms with E-state index in [9.17, 15) is 9.59 Å². The molecular weight excluding hydrogens is 439 g/mol. The van der Waals surface area contributed by atoms with Crippen molar-refractivity contribution in [3.05, 3.63) is 76.0 Å². The van der Waals surface area contributed by atoms with Crippen LogP contribution in [0, 0.1) is 0 Å². The smallest absolute Gasteiger partial charge is 0.278 e. The van der Waals surface area contributed by atoms with Gasteiger partial charge in [-0.2, -0.15) is 5.10 Å². The number of methoxy groups -OCH3 is 1. The van der Waals surface area contributed by atoms with Crippen molar-refractivity contribution in [2.24, 2.45) is 0 Å². The molecule has 0 N–H and O–H groups in total. The third-order valence-electron chi connectivity index (χ3n) is 5.14. The molecule has 0 unspecified atom stereocenters. The van der Waals surface area contributed by atoms with Gasteiger partial charge < -0.3 is 14.5 Å². The molecule has 1 aliphatic heterocycles. The number of carbonyl (C=O) groups is 2. The van der Waals surface area contributed by atoms with E-state index in [-0.39, 0.29) is 17.5 Å². The third kappa shape index (κ3) is 4.38. The van der Waals surface area contributed by atoms with Crippen molar-refractivity contribution < 1.29 is 14.3 Å². The predicted octanol–water partition coefficient (Wildman–Crippen LogP) is 3.79. The van der Waals surface area contributed by atoms with Crippen molar-refractivity contribution >= 4 is 35.0 Å². The van der Waals surface area contributed by atoms with E-state index in [0.29, 0.717) is 47.5 Å². The van der Waals surface area contributed by atoms with Crippen molar-refractivity contribution in [2.45, 2.75) is 0 Å². The molecule has 3 aromatic rings. The van der Waals surface area contributed by atoms with Gasteiger partial charge in [-0.15, -0.1) is 0 Å². The highest BCUT2D eigenvalue weighted by Gasteiger charge is 2.29. The van der Waals surface area contributed by atoms with Crippen molar-refractivity contribution in [1.82, 2.24) is 19.6 Å². The Bertz CT molecular complexity index is 1110. The summed E-state index contributed by atoms with van der Waals surface area (Å²) in [7, 11) is 1.51. The van der Waals surface area contributed by atoms with Crippen LogP contribution < -0.4 is 4.74 Å². The number of aromatic nitrogens is 2. The molecular formula is C22H20Cl2N4O3. The van der Waals surface area contributed by atoms with E-state index >= 15 is 0 Å². The number of para-hydroxylation sites is 1. The van der Waals surface area contributed by atoms with Crippen LogP contribution in [0.4, 0.5) is 0 Å². The number of amides is 2. The minimum Gasteiger partial charge on any atom is -0.493 e. The Kier molecular flexibility index (Phi) is 6.15. The molecule has 0 radical (unpaired) electrons. The SMILES string of the molecule is COc1cn(-c2ccccc2)nc1C(=O)N1CCN(C(=O)c2ccc(Cl)cc2Cl)CC1. The maximum atomic E-state index is 13.1. The van der Waals surface area contributed by atoms with E-state index in [4.69, 9.17) is 27.9 Å². The molecule has 1 aromatic heterocycles. The Morgan fingerprint density at radius 1 is 0.935 bits per heavy atom. The lowest BCUT2D eigenvalue weighted by Gasteiger charge is -2.34. The number of hydrogen-bond donors (Lipinski definition) is 0. The summed E-state index contributed by atoms with van der Waals surface area (Å²) < 4.78 is 7.00. The predicted molar refractivity (Wildman–Crippen MR) is 118 cm³/mol. The van der Waals surface area contributed by atoms with Crippen LogP contribution >= 0.6 is 23.2 Å². The monoisotopic (exact) mass is 458 g/mol. The van der Waals surface area contributed by atoms with E-state index in [0.717, 1.165) is 5.69 Å². The summed E-state index contributed by atoms with van der Waals surface area (Å²) in [5, 5.41) is 5.22. The lowest BCUT2D eigenvalue weighted by Crippen LogP contribution is -2.50. The quantitative estimate of drug-likeness (QED) is 0.596. The number of rotatable bonds is 4. The molecule has 2 heterocycles. The highest BCUT2D eigenvalue weighted by molar-refractivity contribution is 6.36. The standard InChI is InChI=1S/C22H20Cl2N4O3/c1-31-19-14-28(16-5-3-2-4-6-16)25-20(19)22(30)27-11-9-26(10-12-27)21(29)17-8-7-15(23)13-18(17)24/h2-8,13-14H,9-12H2,1H3. The Hall–Kier alpha value is -3.03. The molecule has 1 saturated heterocycles. The van der Waals surface area contributed by atoms with Gasteiger partial charge in [-0.25, -0.2) is 4.68 Å². The van der Waals surface area contributed by atoms with Gasteiger partial charge >= 0.3 is 0 Å². The number of benzene rings is 2. The van der Waals surface area contributed by atoms with E-state index in [2.05, 4.69) is 5.10 Å². The van der Waals surface area contributed by atoms with Gasteiger partial charge in [0.1, 0.15) is 0 Å². The Labute approximate surface area is 189 Å². The maximum Gasteiger partial charge on any atom is 0.278 e. The summed E-state index contributed by atoms with van der Waals surface area (Å²) in [5.41, 5.74) is 1.47. The second-order valence-corrected chi connectivity index (χ2v) is 7.88. The minimum absolute atomic E-state index is 0.181. The number of nitrogens with zero attached hydrogens (tertiary/aromatic N) is 4. The molecule has 31 heavy (non-hydrogen) atoms. The van der Waals surface area contributed by atoms with Crippen LogP contribution in [0.5, 0.6) is 5.75 Å². The number of piperazine rings is 1. The fourth-order valence-electron chi connectivity index (χ4n) is 3.46. The Balaban J connectivity index is 1.46. The van der Waals surface area contributed by atoms with Crippen LogP contribution in [-0.2, 0) is 0 Å². The van der Waals surface area contributed by atoms with Crippen LogP contribution in [0.25, 0.3) is 5.69 Å². The topological polar surface area (TPSA) is 67.7 Å². The third-order valence-corrected chi connectivity index (χ3v) is 5.69. The van der Waals surface area contributed by atoms with Gasteiger partial charge in [0.15, 0.2) is 11.4 Å². The summed E-state index contributed by atoms with van der Waals surface area (Å²) in [6, 6.07) is 14.3. The molecule has 1 fully saturated rings. The van der Waals surface area contributed by atoms with E-state index in [1.165, 1.54) is 7.11 Å². The van der Waals surface area contributed by atoms with E-state index in [1.807, 2.05) is 30.3 Å². The van der Waals surface area contributed by atoms with Crippen molar-refractivity contribution in [1.29, 1.82) is 0 Å². The molecule has 1 aliphatic rings. The minimum atomic E-state index is -0.233. The molecule has 7 nitrogen and oxygen atoms in total. The number of carbonyl (C=O) groups excluding carboxylic acids is 2. The lowest BCUT2D eigenvalue weighted by molar-refractivity contribution is 0.0530. The molecule has 0 saturated carbocycles. The first-order valence-corrected chi connectivity index (χ1v) is 10.5. The first kappa shape index (κ1) is 21.2. The fourth-order valence-corrected chi connectivity index (χ4v) is 3.95. The molecule has 0 spiro atoms. The number of ether oxygens (including phenoxy) is 1. The van der Waals surface area contributed by atoms with Crippen molar-refractivity contribution in [2.75, 3.05) is 33.3 Å². The number of hydrogen-bond acceptors (Lipinski definition) is 4. The normalized spacial score (nSPS) is 13.9. The molecule has 2 amide bonds. The molecule has 160 valence electrons. The van der Waals surface area contributed by atoms with Gasteiger partial charge in [0.2, 0.25) is 0 Å². The average Bonchev–Trinajstić information content (AvgIpc) is 3.23. The molecule has 0 bridgehead atoms. The first-order chi connectivity index (χ1) is 15.0. The van der Waals surface area contributed by atoms with Crippen LogP contribution in [0.3, 0.4) is 0 Å². The summed E-state index contributed by atoms with van der Waals surface area (Å²) in [6.07, 6.45) is 1.69. The van der Waals surface area contributed by atoms with Crippen molar-refractivity contribution in [3.8, 4) is 11.4 Å². The fraction of sp³-hybridized carbons (Fsp3) is 0.227. The van der Waals surface area contributed by atoms with Gasteiger partial charge in [-0.05, 0) is 30.3 Å². The summed E-state index contributed by atoms with van der Waals surface area (Å²) >= 11 is 12.1. The summed E-state index contributed by atoms with van der Waals surface area (Å²) in [4.78, 5) is 29.2. The number of halogens is 2. The molecule has 0 atom stereocenters. The highest BCUT2D eigenvalue weighted by atomic mass is 35.5. The van der Waals surface area contributed by atoms with Crippen LogP contribution in [0.2, 0.25) is 10.0 Å². The van der Waals surface area contributed by atoms with Gasteiger partial charge in [-0.3, -0.25) is 9.59 Å². The molecule has 2 aromatic carbocycles. The van der Waals surface area contributed by atoms with Crippen molar-refractivity contribution in [3.63, 3.8) is 0 Å². The first-order valence-electron chi connectivity index (χ1n) is 9.70. The zero-order chi connectivity index (χ0) is 22.0. The van der Waals surface area contributed by atoms with Crippen LogP contribution in [-0.4, -0.2) is 64.7 Å². The highest BCUT2D eigenvalue weighted by Crippen LogP contribution is 2.24. The summed E-state index contributed by atoms with van der Waals surface area (Å²) in [5.74, 6) is -0.0110. The van der Waals surface area contributed by atoms with Crippen LogP contribution in [0.15, 0.2) is 54.7 Å². The zero-order valence-electron chi connectivity index (χ0n) is 16.8. The Morgan fingerprint density at radius 2 is 1.58 bits per heavy atom. The second kappa shape index (κ2) is 8.99. The second-order valence-electron chi connectivity index (χ2n) is 7.03. The van der Waals surface area contributed by atoms with Gasteiger partial charge in [-0.1, -0.05) is 41.4 Å². The molecule has 4 rings (SSSR count). The zero-order valence-corrected chi connectivity index (χ0v) is 18.3.